The van der Waals surface area contributed by atoms with Gasteiger partial charge in [-0.05, 0) is 54.4 Å². The number of carbonyl (C=O) groups is 2. The average molecular weight is 390 g/mol. The Labute approximate surface area is 166 Å². The molecule has 1 aromatic carbocycles. The number of hydrogen-bond donors (Lipinski definition) is 1. The number of aromatic hydroxyl groups is 1. The van der Waals surface area contributed by atoms with E-state index in [1.54, 1.807) is 12.1 Å². The number of rotatable bonds is 7. The Kier molecular flexibility index (Phi) is 7.91. The van der Waals surface area contributed by atoms with Crippen molar-refractivity contribution >= 4 is 18.0 Å². The van der Waals surface area contributed by atoms with Crippen molar-refractivity contribution in [3.8, 4) is 11.5 Å². The number of esters is 2. The first-order valence-corrected chi connectivity index (χ1v) is 9.71. The second-order valence-electron chi connectivity index (χ2n) is 7.73. The van der Waals surface area contributed by atoms with Crippen LogP contribution in [0.3, 0.4) is 0 Å². The second-order valence-corrected chi connectivity index (χ2v) is 7.73. The smallest absolute Gasteiger partial charge is 0.344 e. The summed E-state index contributed by atoms with van der Waals surface area (Å²) in [7, 11) is 1.44. The molecule has 0 amide bonds. The third-order valence-electron chi connectivity index (χ3n) is 5.19. The molecular formula is C22H30O6. The molecule has 6 heteroatoms. The molecule has 3 atom stereocenters. The van der Waals surface area contributed by atoms with E-state index in [0.717, 1.165) is 19.3 Å². The zero-order valence-electron chi connectivity index (χ0n) is 17.0. The lowest BCUT2D eigenvalue weighted by atomic mass is 9.75. The molecule has 1 aromatic rings. The molecule has 0 spiro atoms. The zero-order chi connectivity index (χ0) is 20.7. The van der Waals surface area contributed by atoms with E-state index in [0.29, 0.717) is 29.1 Å². The quantitative estimate of drug-likeness (QED) is 0.560. The maximum atomic E-state index is 12.1. The molecule has 0 aromatic heterocycles. The van der Waals surface area contributed by atoms with E-state index in [1.807, 2.05) is 0 Å². The molecule has 0 bridgehead atoms. The SMILES string of the molecule is COc1cc(C=CC(=O)OCC(=O)OC2CC(C)CCC2C(C)C)ccc1O. The summed E-state index contributed by atoms with van der Waals surface area (Å²) in [6.45, 7) is 6.05. The van der Waals surface area contributed by atoms with Gasteiger partial charge in [-0.15, -0.1) is 0 Å². The van der Waals surface area contributed by atoms with Gasteiger partial charge in [0.2, 0.25) is 0 Å². The van der Waals surface area contributed by atoms with Crippen LogP contribution in [0.25, 0.3) is 6.08 Å². The van der Waals surface area contributed by atoms with Crippen LogP contribution in [0.2, 0.25) is 0 Å². The van der Waals surface area contributed by atoms with E-state index in [2.05, 4.69) is 20.8 Å². The van der Waals surface area contributed by atoms with Crippen LogP contribution in [-0.4, -0.2) is 36.9 Å². The lowest BCUT2D eigenvalue weighted by molar-refractivity contribution is -0.165. The van der Waals surface area contributed by atoms with Gasteiger partial charge in [0, 0.05) is 6.08 Å². The molecule has 1 saturated carbocycles. The van der Waals surface area contributed by atoms with Crippen LogP contribution in [-0.2, 0) is 19.1 Å². The standard InChI is InChI=1S/C22H30O6/c1-14(2)17-8-5-15(3)11-19(17)28-22(25)13-27-21(24)10-7-16-6-9-18(23)20(12-16)26-4/h6-7,9-10,12,14-15,17,19,23H,5,8,11,13H2,1-4H3. The van der Waals surface area contributed by atoms with E-state index in [9.17, 15) is 14.7 Å². The van der Waals surface area contributed by atoms with Crippen molar-refractivity contribution < 1.29 is 28.9 Å². The Bertz CT molecular complexity index is 709. The van der Waals surface area contributed by atoms with Crippen molar-refractivity contribution in [2.24, 2.45) is 17.8 Å². The number of hydrogen-bond acceptors (Lipinski definition) is 6. The topological polar surface area (TPSA) is 82.1 Å². The fraction of sp³-hybridized carbons (Fsp3) is 0.545. The van der Waals surface area contributed by atoms with E-state index in [1.165, 1.54) is 25.3 Å². The highest BCUT2D eigenvalue weighted by molar-refractivity contribution is 5.88. The van der Waals surface area contributed by atoms with Crippen LogP contribution in [0.5, 0.6) is 11.5 Å². The molecule has 1 N–H and O–H groups in total. The summed E-state index contributed by atoms with van der Waals surface area (Å²) < 4.78 is 15.6. The fourth-order valence-corrected chi connectivity index (χ4v) is 3.59. The van der Waals surface area contributed by atoms with Crippen LogP contribution in [0.1, 0.15) is 45.6 Å². The third kappa shape index (κ3) is 6.29. The predicted molar refractivity (Wildman–Crippen MR) is 106 cm³/mol. The summed E-state index contributed by atoms with van der Waals surface area (Å²) in [5, 5.41) is 9.57. The lowest BCUT2D eigenvalue weighted by Gasteiger charge is -2.36. The van der Waals surface area contributed by atoms with E-state index in [-0.39, 0.29) is 11.9 Å². The van der Waals surface area contributed by atoms with Gasteiger partial charge in [0.05, 0.1) is 7.11 Å². The van der Waals surface area contributed by atoms with E-state index in [4.69, 9.17) is 14.2 Å². The Morgan fingerprint density at radius 1 is 1.29 bits per heavy atom. The third-order valence-corrected chi connectivity index (χ3v) is 5.19. The highest BCUT2D eigenvalue weighted by Crippen LogP contribution is 2.35. The molecule has 1 aliphatic carbocycles. The van der Waals surface area contributed by atoms with E-state index >= 15 is 0 Å². The van der Waals surface area contributed by atoms with Gasteiger partial charge in [0.1, 0.15) is 6.10 Å². The minimum atomic E-state index is -0.638. The summed E-state index contributed by atoms with van der Waals surface area (Å²) in [6.07, 6.45) is 5.68. The van der Waals surface area contributed by atoms with Crippen molar-refractivity contribution in [2.75, 3.05) is 13.7 Å². The number of benzene rings is 1. The maximum absolute atomic E-state index is 12.1. The number of phenolic OH excluding ortho intramolecular Hbond substituents is 1. The highest BCUT2D eigenvalue weighted by atomic mass is 16.6. The molecule has 0 aliphatic heterocycles. The molecule has 0 heterocycles. The van der Waals surface area contributed by atoms with Gasteiger partial charge in [0.25, 0.3) is 0 Å². The largest absolute Gasteiger partial charge is 0.504 e. The molecule has 1 fully saturated rings. The predicted octanol–water partition coefficient (Wildman–Crippen LogP) is 3.96. The molecule has 2 rings (SSSR count). The van der Waals surface area contributed by atoms with Crippen molar-refractivity contribution in [2.45, 2.75) is 46.1 Å². The minimum absolute atomic E-state index is 0.0155. The van der Waals surface area contributed by atoms with Gasteiger partial charge in [-0.2, -0.15) is 0 Å². The number of ether oxygens (including phenoxy) is 3. The Morgan fingerprint density at radius 2 is 2.04 bits per heavy atom. The molecule has 0 radical (unpaired) electrons. The van der Waals surface area contributed by atoms with Crippen LogP contribution in [0, 0.1) is 17.8 Å². The monoisotopic (exact) mass is 390 g/mol. The van der Waals surface area contributed by atoms with Crippen molar-refractivity contribution in [3.05, 3.63) is 29.8 Å². The van der Waals surface area contributed by atoms with Crippen LogP contribution in [0.15, 0.2) is 24.3 Å². The van der Waals surface area contributed by atoms with Gasteiger partial charge in [0.15, 0.2) is 18.1 Å². The molecule has 28 heavy (non-hydrogen) atoms. The van der Waals surface area contributed by atoms with Crippen molar-refractivity contribution in [1.29, 1.82) is 0 Å². The molecular weight excluding hydrogens is 360 g/mol. The summed E-state index contributed by atoms with van der Waals surface area (Å²) >= 11 is 0. The number of phenols is 1. The van der Waals surface area contributed by atoms with Gasteiger partial charge >= 0.3 is 11.9 Å². The van der Waals surface area contributed by atoms with Crippen molar-refractivity contribution in [3.63, 3.8) is 0 Å². The van der Waals surface area contributed by atoms with Crippen molar-refractivity contribution in [1.82, 2.24) is 0 Å². The summed E-state index contributed by atoms with van der Waals surface area (Å²) in [6, 6.07) is 4.69. The van der Waals surface area contributed by atoms with Gasteiger partial charge in [-0.3, -0.25) is 0 Å². The first-order chi connectivity index (χ1) is 13.3. The minimum Gasteiger partial charge on any atom is -0.504 e. The second kappa shape index (κ2) is 10.2. The average Bonchev–Trinajstić information content (AvgIpc) is 2.65. The van der Waals surface area contributed by atoms with Gasteiger partial charge in [-0.1, -0.05) is 33.3 Å². The first kappa shape index (κ1) is 21.8. The molecule has 3 unspecified atom stereocenters. The molecule has 154 valence electrons. The summed E-state index contributed by atoms with van der Waals surface area (Å²) in [5.74, 6) is 0.486. The van der Waals surface area contributed by atoms with Crippen LogP contribution < -0.4 is 4.74 Å². The van der Waals surface area contributed by atoms with Gasteiger partial charge < -0.3 is 19.3 Å². The highest BCUT2D eigenvalue weighted by Gasteiger charge is 2.33. The maximum Gasteiger partial charge on any atom is 0.344 e. The normalized spacial score (nSPS) is 22.2. The van der Waals surface area contributed by atoms with Crippen LogP contribution in [0.4, 0.5) is 0 Å². The zero-order valence-corrected chi connectivity index (χ0v) is 17.0. The Morgan fingerprint density at radius 3 is 2.71 bits per heavy atom. The molecule has 6 nitrogen and oxygen atoms in total. The van der Waals surface area contributed by atoms with Crippen LogP contribution >= 0.6 is 0 Å². The molecule has 0 saturated heterocycles. The summed E-state index contributed by atoms with van der Waals surface area (Å²) in [4.78, 5) is 24.0. The number of methoxy groups -OCH3 is 1. The molecule has 1 aliphatic rings. The summed E-state index contributed by atoms with van der Waals surface area (Å²) in [5.41, 5.74) is 0.658. The first-order valence-electron chi connectivity index (χ1n) is 9.71. The number of carbonyl (C=O) groups excluding carboxylic acids is 2. The van der Waals surface area contributed by atoms with Gasteiger partial charge in [-0.25, -0.2) is 9.59 Å². The fourth-order valence-electron chi connectivity index (χ4n) is 3.59. The van der Waals surface area contributed by atoms with E-state index < -0.39 is 18.5 Å². The lowest BCUT2D eigenvalue weighted by Crippen LogP contribution is -2.36. The Hall–Kier alpha value is -2.50. The Balaban J connectivity index is 1.84.